The molecule has 2 aromatic heterocycles. The molecule has 5 rings (SSSR count). The fourth-order valence-electron chi connectivity index (χ4n) is 4.04. The Balaban J connectivity index is 1.44. The maximum Gasteiger partial charge on any atom is 0.274 e. The van der Waals surface area contributed by atoms with Gasteiger partial charge in [-0.3, -0.25) is 9.48 Å². The van der Waals surface area contributed by atoms with Crippen molar-refractivity contribution < 1.29 is 13.6 Å². The first-order valence-electron chi connectivity index (χ1n) is 9.86. The Kier molecular flexibility index (Phi) is 4.62. The lowest BCUT2D eigenvalue weighted by Gasteiger charge is -2.34. The van der Waals surface area contributed by atoms with E-state index in [4.69, 9.17) is 0 Å². The van der Waals surface area contributed by atoms with Gasteiger partial charge < -0.3 is 4.90 Å². The molecule has 6 nitrogen and oxygen atoms in total. The standard InChI is InChI=1S/C23H19F2N5O/c1-28-12-16(11-26-28)19-14-29(13-15-4-2-3-5-18(15)19)23(31)22-8-9-30(27-22)17-6-7-20(24)21(25)10-17/h2-12,19H,13-14H2,1H3. The van der Waals surface area contributed by atoms with Crippen molar-refractivity contribution in [2.45, 2.75) is 12.5 Å². The number of carbonyl (C=O) groups excluding carboxylic acids is 1. The van der Waals surface area contributed by atoms with Gasteiger partial charge >= 0.3 is 0 Å². The minimum absolute atomic E-state index is 0.0101. The van der Waals surface area contributed by atoms with Crippen LogP contribution in [-0.2, 0) is 13.6 Å². The first-order chi connectivity index (χ1) is 15.0. The number of rotatable bonds is 3. The molecule has 8 heteroatoms. The van der Waals surface area contributed by atoms with Gasteiger partial charge in [-0.15, -0.1) is 0 Å². The molecule has 1 aliphatic rings. The lowest BCUT2D eigenvalue weighted by molar-refractivity contribution is 0.0718. The molecular formula is C23H19F2N5O. The van der Waals surface area contributed by atoms with Crippen molar-refractivity contribution >= 4 is 5.91 Å². The maximum absolute atomic E-state index is 13.6. The van der Waals surface area contributed by atoms with Gasteiger partial charge in [0.25, 0.3) is 5.91 Å². The van der Waals surface area contributed by atoms with Crippen LogP contribution in [0.1, 0.15) is 33.1 Å². The highest BCUT2D eigenvalue weighted by Crippen LogP contribution is 2.33. The van der Waals surface area contributed by atoms with Crippen molar-refractivity contribution in [1.29, 1.82) is 0 Å². The van der Waals surface area contributed by atoms with E-state index < -0.39 is 11.6 Å². The zero-order valence-electron chi connectivity index (χ0n) is 16.7. The number of carbonyl (C=O) groups is 1. The van der Waals surface area contributed by atoms with Crippen LogP contribution in [0.4, 0.5) is 8.78 Å². The molecule has 156 valence electrons. The van der Waals surface area contributed by atoms with Gasteiger partial charge in [-0.1, -0.05) is 24.3 Å². The smallest absolute Gasteiger partial charge is 0.274 e. The molecule has 3 heterocycles. The molecule has 0 radical (unpaired) electrons. The van der Waals surface area contributed by atoms with Crippen LogP contribution in [0.3, 0.4) is 0 Å². The highest BCUT2D eigenvalue weighted by Gasteiger charge is 2.31. The summed E-state index contributed by atoms with van der Waals surface area (Å²) in [6.07, 6.45) is 5.36. The summed E-state index contributed by atoms with van der Waals surface area (Å²) in [5.41, 5.74) is 3.90. The first kappa shape index (κ1) is 19.2. The fraction of sp³-hybridized carbons (Fsp3) is 0.174. The van der Waals surface area contributed by atoms with Gasteiger partial charge in [0, 0.05) is 44.5 Å². The summed E-state index contributed by atoms with van der Waals surface area (Å²) in [7, 11) is 1.87. The Hall–Kier alpha value is -3.81. The number of fused-ring (bicyclic) bond motifs is 1. The maximum atomic E-state index is 13.6. The van der Waals surface area contributed by atoms with E-state index in [1.165, 1.54) is 16.3 Å². The molecule has 0 saturated heterocycles. The summed E-state index contributed by atoms with van der Waals surface area (Å²) < 4.78 is 29.9. The Labute approximate surface area is 177 Å². The summed E-state index contributed by atoms with van der Waals surface area (Å²) >= 11 is 0. The van der Waals surface area contributed by atoms with Crippen molar-refractivity contribution in [3.8, 4) is 5.69 Å². The minimum Gasteiger partial charge on any atom is -0.332 e. The van der Waals surface area contributed by atoms with Gasteiger partial charge in [0.15, 0.2) is 17.3 Å². The van der Waals surface area contributed by atoms with E-state index in [1.54, 1.807) is 21.8 Å². The van der Waals surface area contributed by atoms with Crippen molar-refractivity contribution in [3.05, 3.63) is 101 Å². The van der Waals surface area contributed by atoms with Gasteiger partial charge in [0.2, 0.25) is 0 Å². The Morgan fingerprint density at radius 3 is 2.71 bits per heavy atom. The quantitative estimate of drug-likeness (QED) is 0.509. The van der Waals surface area contributed by atoms with Crippen molar-refractivity contribution in [2.24, 2.45) is 7.05 Å². The molecule has 1 amide bonds. The van der Waals surface area contributed by atoms with Gasteiger partial charge in [0.1, 0.15) is 0 Å². The van der Waals surface area contributed by atoms with E-state index in [1.807, 2.05) is 37.6 Å². The van der Waals surface area contributed by atoms with Crippen LogP contribution in [0.2, 0.25) is 0 Å². The molecular weight excluding hydrogens is 400 g/mol. The molecule has 0 saturated carbocycles. The molecule has 31 heavy (non-hydrogen) atoms. The van der Waals surface area contributed by atoms with Crippen LogP contribution >= 0.6 is 0 Å². The lowest BCUT2D eigenvalue weighted by Crippen LogP contribution is -2.38. The van der Waals surface area contributed by atoms with Crippen LogP contribution in [0.25, 0.3) is 5.69 Å². The zero-order valence-corrected chi connectivity index (χ0v) is 16.7. The molecule has 0 N–H and O–H groups in total. The second kappa shape index (κ2) is 7.46. The molecule has 1 unspecified atom stereocenters. The molecule has 2 aromatic carbocycles. The number of hydrogen-bond donors (Lipinski definition) is 0. The topological polar surface area (TPSA) is 56.0 Å². The molecule has 4 aromatic rings. The van der Waals surface area contributed by atoms with E-state index in [0.717, 1.165) is 23.3 Å². The SMILES string of the molecule is Cn1cc(C2CN(C(=O)c3ccn(-c4ccc(F)c(F)c4)n3)Cc3ccccc32)cn1. The summed E-state index contributed by atoms with van der Waals surface area (Å²) in [5, 5.41) is 8.59. The molecule has 1 aliphatic heterocycles. The lowest BCUT2D eigenvalue weighted by atomic mass is 9.86. The van der Waals surface area contributed by atoms with E-state index in [2.05, 4.69) is 16.3 Å². The largest absolute Gasteiger partial charge is 0.332 e. The number of aryl methyl sites for hydroxylation is 1. The first-order valence-corrected chi connectivity index (χ1v) is 9.86. The molecule has 0 bridgehead atoms. The summed E-state index contributed by atoms with van der Waals surface area (Å²) in [5.74, 6) is -2.10. The van der Waals surface area contributed by atoms with Gasteiger partial charge in [-0.2, -0.15) is 10.2 Å². The summed E-state index contributed by atoms with van der Waals surface area (Å²) in [6.45, 7) is 0.976. The van der Waals surface area contributed by atoms with E-state index in [0.29, 0.717) is 18.8 Å². The average Bonchev–Trinajstić information content (AvgIpc) is 3.44. The van der Waals surface area contributed by atoms with Crippen LogP contribution in [-0.4, -0.2) is 36.9 Å². The highest BCUT2D eigenvalue weighted by atomic mass is 19.2. The number of nitrogens with zero attached hydrogens (tertiary/aromatic N) is 5. The Morgan fingerprint density at radius 2 is 1.94 bits per heavy atom. The Bertz CT molecular complexity index is 1280. The van der Waals surface area contributed by atoms with Crippen LogP contribution in [0.15, 0.2) is 67.1 Å². The Morgan fingerprint density at radius 1 is 1.10 bits per heavy atom. The van der Waals surface area contributed by atoms with Crippen molar-refractivity contribution in [2.75, 3.05) is 6.54 Å². The van der Waals surface area contributed by atoms with E-state index >= 15 is 0 Å². The third-order valence-electron chi connectivity index (χ3n) is 5.59. The number of benzene rings is 2. The second-order valence-electron chi connectivity index (χ2n) is 7.63. The van der Waals surface area contributed by atoms with Gasteiger partial charge in [-0.05, 0) is 34.9 Å². The number of aromatic nitrogens is 4. The normalized spacial score (nSPS) is 15.7. The highest BCUT2D eigenvalue weighted by molar-refractivity contribution is 5.92. The molecule has 0 spiro atoms. The van der Waals surface area contributed by atoms with Crippen molar-refractivity contribution in [3.63, 3.8) is 0 Å². The predicted molar refractivity (Wildman–Crippen MR) is 110 cm³/mol. The second-order valence-corrected chi connectivity index (χ2v) is 7.63. The molecule has 0 fully saturated rings. The number of amides is 1. The van der Waals surface area contributed by atoms with Crippen LogP contribution in [0, 0.1) is 11.6 Å². The van der Waals surface area contributed by atoms with Crippen molar-refractivity contribution in [1.82, 2.24) is 24.5 Å². The third-order valence-corrected chi connectivity index (χ3v) is 5.59. The average molecular weight is 419 g/mol. The summed E-state index contributed by atoms with van der Waals surface area (Å²) in [4.78, 5) is 15.0. The van der Waals surface area contributed by atoms with Crippen LogP contribution in [0.5, 0.6) is 0 Å². The number of hydrogen-bond acceptors (Lipinski definition) is 3. The summed E-state index contributed by atoms with van der Waals surface area (Å²) in [6, 6.07) is 13.2. The molecule has 1 atom stereocenters. The third kappa shape index (κ3) is 3.50. The van der Waals surface area contributed by atoms with E-state index in [9.17, 15) is 13.6 Å². The monoisotopic (exact) mass is 419 g/mol. The minimum atomic E-state index is -0.965. The van der Waals surface area contributed by atoms with Gasteiger partial charge in [-0.25, -0.2) is 13.5 Å². The van der Waals surface area contributed by atoms with E-state index in [-0.39, 0.29) is 17.5 Å². The van der Waals surface area contributed by atoms with Crippen LogP contribution < -0.4 is 0 Å². The molecule has 0 aliphatic carbocycles. The van der Waals surface area contributed by atoms with Gasteiger partial charge in [0.05, 0.1) is 11.9 Å². The fourth-order valence-corrected chi connectivity index (χ4v) is 4.04. The predicted octanol–water partition coefficient (Wildman–Crippen LogP) is 3.67. The zero-order chi connectivity index (χ0) is 21.5. The number of halogens is 2.